The molecule has 2 atom stereocenters. The van der Waals surface area contributed by atoms with E-state index in [2.05, 4.69) is 11.8 Å². The van der Waals surface area contributed by atoms with Gasteiger partial charge in [0, 0.05) is 20.2 Å². The molecule has 2 aliphatic rings. The number of aliphatic hydroxyl groups excluding tert-OH is 1. The minimum atomic E-state index is -0.135. The molecule has 1 N–H and O–H groups in total. The lowest BCUT2D eigenvalue weighted by Crippen LogP contribution is -2.50. The van der Waals surface area contributed by atoms with E-state index in [9.17, 15) is 5.11 Å². The Bertz CT molecular complexity index is 253. The van der Waals surface area contributed by atoms with Crippen molar-refractivity contribution in [2.75, 3.05) is 26.7 Å². The van der Waals surface area contributed by atoms with Crippen LogP contribution < -0.4 is 0 Å². The Hall–Kier alpha value is -0.120. The molecule has 0 aromatic rings. The average molecular weight is 255 g/mol. The van der Waals surface area contributed by atoms with Crippen LogP contribution in [0.2, 0.25) is 0 Å². The fraction of sp³-hybridized carbons (Fsp3) is 1.00. The van der Waals surface area contributed by atoms with Gasteiger partial charge in [0.1, 0.15) is 0 Å². The Morgan fingerprint density at radius 1 is 1.28 bits per heavy atom. The van der Waals surface area contributed by atoms with Crippen LogP contribution in [-0.2, 0) is 4.74 Å². The van der Waals surface area contributed by atoms with Crippen LogP contribution in [0.3, 0.4) is 0 Å². The molecule has 1 aliphatic carbocycles. The minimum absolute atomic E-state index is 0.00939. The van der Waals surface area contributed by atoms with Crippen LogP contribution in [0.5, 0.6) is 0 Å². The Kier molecular flexibility index (Phi) is 5.05. The topological polar surface area (TPSA) is 32.7 Å². The van der Waals surface area contributed by atoms with Gasteiger partial charge in [-0.05, 0) is 45.1 Å². The smallest absolute Gasteiger partial charge is 0.0777 e. The van der Waals surface area contributed by atoms with E-state index in [4.69, 9.17) is 4.74 Å². The molecule has 0 radical (unpaired) electrons. The fourth-order valence-corrected chi connectivity index (χ4v) is 3.56. The summed E-state index contributed by atoms with van der Waals surface area (Å²) in [6, 6.07) is 0. The summed E-state index contributed by atoms with van der Waals surface area (Å²) in [5, 5.41) is 10.4. The highest BCUT2D eigenvalue weighted by Gasteiger charge is 2.32. The zero-order valence-corrected chi connectivity index (χ0v) is 12.0. The van der Waals surface area contributed by atoms with Crippen LogP contribution in [0.15, 0.2) is 0 Å². The number of rotatable bonds is 4. The Morgan fingerprint density at radius 3 is 2.67 bits per heavy atom. The molecule has 3 heteroatoms. The van der Waals surface area contributed by atoms with Crippen LogP contribution in [-0.4, -0.2) is 48.5 Å². The molecule has 1 saturated carbocycles. The van der Waals surface area contributed by atoms with Crippen LogP contribution >= 0.6 is 0 Å². The zero-order chi connectivity index (χ0) is 13.0. The van der Waals surface area contributed by atoms with Crippen molar-refractivity contribution in [3.05, 3.63) is 0 Å². The van der Waals surface area contributed by atoms with Gasteiger partial charge in [0.25, 0.3) is 0 Å². The van der Waals surface area contributed by atoms with Gasteiger partial charge in [0.15, 0.2) is 0 Å². The molecule has 0 amide bonds. The second kappa shape index (κ2) is 6.36. The normalized spacial score (nSPS) is 33.5. The third-order valence-electron chi connectivity index (χ3n) is 4.87. The summed E-state index contributed by atoms with van der Waals surface area (Å²) in [7, 11) is 1.81. The van der Waals surface area contributed by atoms with Crippen LogP contribution in [0, 0.1) is 5.92 Å². The number of hydrogen-bond acceptors (Lipinski definition) is 3. The van der Waals surface area contributed by atoms with E-state index in [1.165, 1.54) is 38.5 Å². The van der Waals surface area contributed by atoms with E-state index in [1.54, 1.807) is 7.11 Å². The largest absolute Gasteiger partial charge is 0.392 e. The molecule has 18 heavy (non-hydrogen) atoms. The quantitative estimate of drug-likeness (QED) is 0.837. The number of methoxy groups -OCH3 is 1. The molecule has 0 bridgehead atoms. The third-order valence-corrected chi connectivity index (χ3v) is 4.87. The molecule has 0 spiro atoms. The molecular weight excluding hydrogens is 226 g/mol. The monoisotopic (exact) mass is 255 g/mol. The van der Waals surface area contributed by atoms with E-state index in [0.717, 1.165) is 26.1 Å². The highest BCUT2D eigenvalue weighted by molar-refractivity contribution is 4.86. The molecule has 1 aliphatic heterocycles. The number of nitrogens with zero attached hydrogens (tertiary/aromatic N) is 1. The van der Waals surface area contributed by atoms with Gasteiger partial charge in [-0.3, -0.25) is 4.90 Å². The predicted molar refractivity (Wildman–Crippen MR) is 73.7 cm³/mol. The lowest BCUT2D eigenvalue weighted by Gasteiger charge is -2.41. The van der Waals surface area contributed by atoms with Crippen molar-refractivity contribution in [3.63, 3.8) is 0 Å². The maximum atomic E-state index is 10.4. The van der Waals surface area contributed by atoms with Gasteiger partial charge in [-0.25, -0.2) is 0 Å². The molecule has 0 aromatic heterocycles. The number of likely N-dealkylation sites (tertiary alicyclic amines) is 1. The average Bonchev–Trinajstić information content (AvgIpc) is 2.40. The summed E-state index contributed by atoms with van der Waals surface area (Å²) in [6.07, 6.45) is 8.59. The van der Waals surface area contributed by atoms with Crippen molar-refractivity contribution >= 4 is 0 Å². The fourth-order valence-electron chi connectivity index (χ4n) is 3.56. The first-order valence-corrected chi connectivity index (χ1v) is 7.58. The molecule has 2 fully saturated rings. The van der Waals surface area contributed by atoms with E-state index in [0.29, 0.717) is 5.92 Å². The summed E-state index contributed by atoms with van der Waals surface area (Å²) < 4.78 is 5.61. The van der Waals surface area contributed by atoms with Crippen molar-refractivity contribution in [3.8, 4) is 0 Å². The first-order valence-electron chi connectivity index (χ1n) is 7.58. The van der Waals surface area contributed by atoms with Gasteiger partial charge in [0.2, 0.25) is 0 Å². The third kappa shape index (κ3) is 3.69. The van der Waals surface area contributed by atoms with Gasteiger partial charge in [-0.1, -0.05) is 19.3 Å². The second-order valence-corrected chi connectivity index (χ2v) is 6.46. The van der Waals surface area contributed by atoms with Crippen molar-refractivity contribution in [1.29, 1.82) is 0 Å². The molecule has 3 nitrogen and oxygen atoms in total. The van der Waals surface area contributed by atoms with Gasteiger partial charge in [0.05, 0.1) is 11.7 Å². The van der Waals surface area contributed by atoms with Crippen LogP contribution in [0.25, 0.3) is 0 Å². The van der Waals surface area contributed by atoms with Crippen molar-refractivity contribution in [2.24, 2.45) is 5.92 Å². The van der Waals surface area contributed by atoms with Gasteiger partial charge < -0.3 is 9.84 Å². The molecule has 2 rings (SSSR count). The van der Waals surface area contributed by atoms with E-state index >= 15 is 0 Å². The van der Waals surface area contributed by atoms with Gasteiger partial charge in [-0.15, -0.1) is 0 Å². The van der Waals surface area contributed by atoms with Gasteiger partial charge in [-0.2, -0.15) is 0 Å². The molecule has 1 saturated heterocycles. The Labute approximate surface area is 112 Å². The predicted octanol–water partition coefficient (Wildman–Crippen LogP) is 2.43. The molecule has 0 aromatic carbocycles. The Balaban J connectivity index is 1.81. The van der Waals surface area contributed by atoms with Crippen LogP contribution in [0.1, 0.15) is 51.9 Å². The molecule has 1 heterocycles. The van der Waals surface area contributed by atoms with Crippen molar-refractivity contribution in [2.45, 2.75) is 63.6 Å². The summed E-state index contributed by atoms with van der Waals surface area (Å²) in [6.45, 7) is 5.10. The minimum Gasteiger partial charge on any atom is -0.392 e. The molecular formula is C15H29NO2. The Morgan fingerprint density at radius 2 is 2.00 bits per heavy atom. The van der Waals surface area contributed by atoms with E-state index in [1.807, 2.05) is 0 Å². The summed E-state index contributed by atoms with van der Waals surface area (Å²) in [4.78, 5) is 2.40. The number of ether oxygens (including phenoxy) is 1. The lowest BCUT2D eigenvalue weighted by molar-refractivity contribution is -0.0636. The van der Waals surface area contributed by atoms with Crippen molar-refractivity contribution in [1.82, 2.24) is 4.90 Å². The highest BCUT2D eigenvalue weighted by Crippen LogP contribution is 2.29. The lowest BCUT2D eigenvalue weighted by atomic mass is 9.84. The van der Waals surface area contributed by atoms with E-state index in [-0.39, 0.29) is 11.7 Å². The summed E-state index contributed by atoms with van der Waals surface area (Å²) in [5.41, 5.74) is -0.00939. The zero-order valence-electron chi connectivity index (χ0n) is 12.0. The number of β-amino-alcohol motifs (C(OH)–C–C–N with tert-alkyl or cyclic N) is 1. The molecule has 2 unspecified atom stereocenters. The number of aliphatic hydroxyl groups is 1. The van der Waals surface area contributed by atoms with Gasteiger partial charge >= 0.3 is 0 Å². The maximum Gasteiger partial charge on any atom is 0.0777 e. The van der Waals surface area contributed by atoms with E-state index < -0.39 is 0 Å². The summed E-state index contributed by atoms with van der Waals surface area (Å²) in [5.74, 6) is 0.537. The first kappa shape index (κ1) is 14.3. The second-order valence-electron chi connectivity index (χ2n) is 6.46. The summed E-state index contributed by atoms with van der Waals surface area (Å²) >= 11 is 0. The SMILES string of the molecule is COC1(C)CCCN(CC(O)C2CCCCC2)C1. The number of piperidine rings is 1. The maximum absolute atomic E-state index is 10.4. The number of hydrogen-bond donors (Lipinski definition) is 1. The van der Waals surface area contributed by atoms with Crippen molar-refractivity contribution < 1.29 is 9.84 Å². The first-order chi connectivity index (χ1) is 8.63. The standard InChI is InChI=1S/C15H29NO2/c1-15(18-2)9-6-10-16(12-15)11-14(17)13-7-4-3-5-8-13/h13-14,17H,3-12H2,1-2H3. The highest BCUT2D eigenvalue weighted by atomic mass is 16.5. The van der Waals surface area contributed by atoms with Crippen LogP contribution in [0.4, 0.5) is 0 Å². The molecule has 106 valence electrons.